The molecule has 1 aromatic carbocycles. The van der Waals surface area contributed by atoms with Crippen LogP contribution in [0.15, 0.2) is 60.9 Å². The van der Waals surface area contributed by atoms with Crippen molar-refractivity contribution in [3.05, 3.63) is 60.9 Å². The number of anilines is 3. The van der Waals surface area contributed by atoms with E-state index in [1.807, 2.05) is 29.2 Å². The van der Waals surface area contributed by atoms with Crippen LogP contribution in [-0.4, -0.2) is 65.9 Å². The lowest BCUT2D eigenvalue weighted by atomic mass is 10.3. The summed E-state index contributed by atoms with van der Waals surface area (Å²) in [6.45, 7) is 2.63. The van der Waals surface area contributed by atoms with E-state index in [0.29, 0.717) is 37.7 Å². The van der Waals surface area contributed by atoms with Crippen LogP contribution in [0.3, 0.4) is 0 Å². The van der Waals surface area contributed by atoms with E-state index < -0.39 is 0 Å². The van der Waals surface area contributed by atoms with E-state index in [0.717, 1.165) is 17.3 Å². The standard InChI is InChI=1S/C22H24N6O3/c1-30-18-4-6-19(7-5-18)31-16-22(29)28-13-11-27(12-14-28)21-9-8-20(25-26-21)24-17-3-2-10-23-15-17/h2-10,15H,11-14,16H2,1H3,(H,24,25). The molecule has 1 fully saturated rings. The van der Waals surface area contributed by atoms with E-state index in [9.17, 15) is 4.79 Å². The van der Waals surface area contributed by atoms with Gasteiger partial charge >= 0.3 is 0 Å². The number of carbonyl (C=O) groups is 1. The van der Waals surface area contributed by atoms with Crippen molar-refractivity contribution in [3.63, 3.8) is 0 Å². The second kappa shape index (κ2) is 9.75. The first kappa shape index (κ1) is 20.4. The van der Waals surface area contributed by atoms with Gasteiger partial charge in [-0.05, 0) is 48.5 Å². The summed E-state index contributed by atoms with van der Waals surface area (Å²) >= 11 is 0. The molecule has 1 aliphatic heterocycles. The number of pyridine rings is 1. The first-order valence-electron chi connectivity index (χ1n) is 10.0. The molecule has 0 aliphatic carbocycles. The highest BCUT2D eigenvalue weighted by atomic mass is 16.5. The van der Waals surface area contributed by atoms with Gasteiger partial charge in [0.2, 0.25) is 0 Å². The van der Waals surface area contributed by atoms with Crippen LogP contribution in [0.2, 0.25) is 0 Å². The first-order chi connectivity index (χ1) is 15.2. The molecule has 0 bridgehead atoms. The van der Waals surface area contributed by atoms with Gasteiger partial charge in [-0.25, -0.2) is 0 Å². The third-order valence-corrected chi connectivity index (χ3v) is 4.96. The lowest BCUT2D eigenvalue weighted by molar-refractivity contribution is -0.133. The Morgan fingerprint density at radius 1 is 1.00 bits per heavy atom. The normalized spacial score (nSPS) is 13.6. The Morgan fingerprint density at radius 3 is 2.42 bits per heavy atom. The Bertz CT molecular complexity index is 974. The molecule has 1 aliphatic rings. The highest BCUT2D eigenvalue weighted by Gasteiger charge is 2.22. The fourth-order valence-corrected chi connectivity index (χ4v) is 3.24. The highest BCUT2D eigenvalue weighted by Crippen LogP contribution is 2.18. The van der Waals surface area contributed by atoms with Crippen LogP contribution < -0.4 is 19.7 Å². The van der Waals surface area contributed by atoms with Crippen molar-refractivity contribution >= 4 is 23.2 Å². The van der Waals surface area contributed by atoms with Gasteiger partial charge in [0.25, 0.3) is 5.91 Å². The molecule has 0 saturated carbocycles. The maximum Gasteiger partial charge on any atom is 0.260 e. The number of carbonyl (C=O) groups excluding carboxylic acids is 1. The number of rotatable bonds is 7. The van der Waals surface area contributed by atoms with Crippen molar-refractivity contribution in [2.24, 2.45) is 0 Å². The minimum atomic E-state index is -0.0300. The van der Waals surface area contributed by atoms with Crippen LogP contribution >= 0.6 is 0 Å². The summed E-state index contributed by atoms with van der Waals surface area (Å²) in [4.78, 5) is 20.5. The number of aromatic nitrogens is 3. The second-order valence-electron chi connectivity index (χ2n) is 6.98. The zero-order chi connectivity index (χ0) is 21.5. The van der Waals surface area contributed by atoms with Crippen molar-refractivity contribution < 1.29 is 14.3 Å². The van der Waals surface area contributed by atoms with E-state index in [2.05, 4.69) is 25.4 Å². The molecule has 0 spiro atoms. The summed E-state index contributed by atoms with van der Waals surface area (Å²) in [5.74, 6) is 2.80. The van der Waals surface area contributed by atoms with E-state index in [1.165, 1.54) is 0 Å². The molecule has 2 aromatic heterocycles. The molecule has 1 amide bonds. The molecule has 3 heterocycles. The zero-order valence-electron chi connectivity index (χ0n) is 17.3. The van der Waals surface area contributed by atoms with Gasteiger partial charge in [0, 0.05) is 32.4 Å². The van der Waals surface area contributed by atoms with Crippen LogP contribution in [0.25, 0.3) is 0 Å². The lowest BCUT2D eigenvalue weighted by Crippen LogP contribution is -2.50. The Labute approximate surface area is 180 Å². The van der Waals surface area contributed by atoms with E-state index >= 15 is 0 Å². The third kappa shape index (κ3) is 5.39. The average molecular weight is 420 g/mol. The van der Waals surface area contributed by atoms with Gasteiger partial charge in [0.15, 0.2) is 18.2 Å². The summed E-state index contributed by atoms with van der Waals surface area (Å²) in [5, 5.41) is 11.7. The van der Waals surface area contributed by atoms with E-state index in [4.69, 9.17) is 9.47 Å². The molecule has 0 unspecified atom stereocenters. The molecule has 0 atom stereocenters. The fourth-order valence-electron chi connectivity index (χ4n) is 3.24. The maximum absolute atomic E-state index is 12.5. The highest BCUT2D eigenvalue weighted by molar-refractivity contribution is 5.78. The Hall–Kier alpha value is -3.88. The van der Waals surface area contributed by atoms with Crippen molar-refractivity contribution in [1.82, 2.24) is 20.1 Å². The van der Waals surface area contributed by atoms with Crippen molar-refractivity contribution in [2.45, 2.75) is 0 Å². The Balaban J connectivity index is 1.24. The van der Waals surface area contributed by atoms with Crippen LogP contribution in [0.5, 0.6) is 11.5 Å². The molecule has 1 saturated heterocycles. The quantitative estimate of drug-likeness (QED) is 0.623. The van der Waals surface area contributed by atoms with E-state index in [-0.39, 0.29) is 12.5 Å². The minimum Gasteiger partial charge on any atom is -0.497 e. The fraction of sp³-hybridized carbons (Fsp3) is 0.273. The van der Waals surface area contributed by atoms with Crippen LogP contribution in [0.1, 0.15) is 0 Å². The topological polar surface area (TPSA) is 92.7 Å². The molecular formula is C22H24N6O3. The predicted octanol–water partition coefficient (Wildman–Crippen LogP) is 2.35. The van der Waals surface area contributed by atoms with Gasteiger partial charge < -0.3 is 24.6 Å². The maximum atomic E-state index is 12.5. The van der Waals surface area contributed by atoms with Crippen LogP contribution in [-0.2, 0) is 4.79 Å². The number of hydrogen-bond acceptors (Lipinski definition) is 8. The SMILES string of the molecule is COc1ccc(OCC(=O)N2CCN(c3ccc(Nc4cccnc4)nn3)CC2)cc1. The van der Waals surface area contributed by atoms with Crippen LogP contribution in [0, 0.1) is 0 Å². The van der Waals surface area contributed by atoms with Gasteiger partial charge in [-0.3, -0.25) is 9.78 Å². The van der Waals surface area contributed by atoms with Gasteiger partial charge in [0.1, 0.15) is 11.5 Å². The van der Waals surface area contributed by atoms with Gasteiger partial charge in [0.05, 0.1) is 19.0 Å². The molecule has 9 heteroatoms. The average Bonchev–Trinajstić information content (AvgIpc) is 2.84. The summed E-state index contributed by atoms with van der Waals surface area (Å²) in [7, 11) is 1.61. The predicted molar refractivity (Wildman–Crippen MR) is 117 cm³/mol. The van der Waals surface area contributed by atoms with Crippen molar-refractivity contribution in [1.29, 1.82) is 0 Å². The van der Waals surface area contributed by atoms with Crippen molar-refractivity contribution in [2.75, 3.05) is 50.1 Å². The van der Waals surface area contributed by atoms with Gasteiger partial charge in [-0.1, -0.05) is 0 Å². The summed E-state index contributed by atoms with van der Waals surface area (Å²) in [5.41, 5.74) is 0.855. The van der Waals surface area contributed by atoms with Gasteiger partial charge in [-0.15, -0.1) is 10.2 Å². The minimum absolute atomic E-state index is 0.0147. The molecule has 160 valence electrons. The smallest absolute Gasteiger partial charge is 0.260 e. The number of amides is 1. The lowest BCUT2D eigenvalue weighted by Gasteiger charge is -2.35. The number of benzene rings is 1. The molecule has 4 rings (SSSR count). The first-order valence-corrected chi connectivity index (χ1v) is 10.0. The number of piperazine rings is 1. The number of nitrogens with one attached hydrogen (secondary N) is 1. The van der Waals surface area contributed by atoms with Crippen molar-refractivity contribution in [3.8, 4) is 11.5 Å². The largest absolute Gasteiger partial charge is 0.497 e. The number of methoxy groups -OCH3 is 1. The molecule has 0 radical (unpaired) electrons. The van der Waals surface area contributed by atoms with Crippen LogP contribution in [0.4, 0.5) is 17.3 Å². The summed E-state index contributed by atoms with van der Waals surface area (Å²) in [6, 6.07) is 14.8. The Morgan fingerprint density at radius 2 is 1.77 bits per heavy atom. The number of hydrogen-bond donors (Lipinski definition) is 1. The van der Waals surface area contributed by atoms with E-state index in [1.54, 1.807) is 43.8 Å². The second-order valence-corrected chi connectivity index (χ2v) is 6.98. The number of nitrogens with zero attached hydrogens (tertiary/aromatic N) is 5. The molecule has 3 aromatic rings. The third-order valence-electron chi connectivity index (χ3n) is 4.96. The zero-order valence-corrected chi connectivity index (χ0v) is 17.3. The number of ether oxygens (including phenoxy) is 2. The monoisotopic (exact) mass is 420 g/mol. The Kier molecular flexibility index (Phi) is 6.41. The molecule has 31 heavy (non-hydrogen) atoms. The molecular weight excluding hydrogens is 396 g/mol. The molecule has 9 nitrogen and oxygen atoms in total. The summed E-state index contributed by atoms with van der Waals surface area (Å²) in [6.07, 6.45) is 3.44. The molecule has 1 N–H and O–H groups in total. The summed E-state index contributed by atoms with van der Waals surface area (Å²) < 4.78 is 10.7. The van der Waals surface area contributed by atoms with Gasteiger partial charge in [-0.2, -0.15) is 0 Å².